The van der Waals surface area contributed by atoms with E-state index < -0.39 is 0 Å². The summed E-state index contributed by atoms with van der Waals surface area (Å²) < 4.78 is 10.8. The normalized spacial score (nSPS) is 17.3. The van der Waals surface area contributed by atoms with Gasteiger partial charge in [0.15, 0.2) is 0 Å². The van der Waals surface area contributed by atoms with Crippen molar-refractivity contribution in [1.29, 1.82) is 0 Å². The standard InChI is InChI=1S/C15H21NO3/c1-3-4-7-16-15(17)12-8-11-9-13(18-2)5-6-14(11)19-10-12/h5-6,9,12H,3-4,7-8,10H2,1-2H3,(H,16,17)/t12-/m0/s1. The number of amides is 1. The third kappa shape index (κ3) is 3.40. The highest BCUT2D eigenvalue weighted by molar-refractivity contribution is 5.79. The highest BCUT2D eigenvalue weighted by atomic mass is 16.5. The van der Waals surface area contributed by atoms with E-state index in [9.17, 15) is 4.79 Å². The molecule has 1 N–H and O–H groups in total. The molecular weight excluding hydrogens is 242 g/mol. The molecule has 19 heavy (non-hydrogen) atoms. The highest BCUT2D eigenvalue weighted by Crippen LogP contribution is 2.30. The van der Waals surface area contributed by atoms with Crippen molar-refractivity contribution in [1.82, 2.24) is 5.32 Å². The molecule has 1 aliphatic rings. The number of carbonyl (C=O) groups is 1. The molecule has 0 spiro atoms. The molecule has 4 nitrogen and oxygen atoms in total. The first kappa shape index (κ1) is 13.7. The van der Waals surface area contributed by atoms with Gasteiger partial charge < -0.3 is 14.8 Å². The molecule has 0 fully saturated rings. The largest absolute Gasteiger partial charge is 0.497 e. The van der Waals surface area contributed by atoms with E-state index in [4.69, 9.17) is 9.47 Å². The van der Waals surface area contributed by atoms with Gasteiger partial charge in [-0.05, 0) is 36.6 Å². The van der Waals surface area contributed by atoms with E-state index in [0.29, 0.717) is 13.0 Å². The van der Waals surface area contributed by atoms with E-state index in [1.807, 2.05) is 18.2 Å². The van der Waals surface area contributed by atoms with E-state index in [1.54, 1.807) is 7.11 Å². The summed E-state index contributed by atoms with van der Waals surface area (Å²) in [6.07, 6.45) is 2.82. The van der Waals surface area contributed by atoms with Crippen molar-refractivity contribution >= 4 is 5.91 Å². The number of hydrogen-bond acceptors (Lipinski definition) is 3. The van der Waals surface area contributed by atoms with Crippen LogP contribution in [-0.4, -0.2) is 26.2 Å². The molecule has 2 rings (SSSR count). The summed E-state index contributed by atoms with van der Waals surface area (Å²) in [7, 11) is 1.64. The fraction of sp³-hybridized carbons (Fsp3) is 0.533. The number of benzene rings is 1. The minimum atomic E-state index is -0.100. The second-order valence-electron chi connectivity index (χ2n) is 4.83. The number of methoxy groups -OCH3 is 1. The second-order valence-corrected chi connectivity index (χ2v) is 4.83. The Morgan fingerprint density at radius 2 is 2.37 bits per heavy atom. The molecule has 0 aromatic heterocycles. The topological polar surface area (TPSA) is 47.6 Å². The van der Waals surface area contributed by atoms with Crippen LogP contribution in [0.3, 0.4) is 0 Å². The zero-order valence-corrected chi connectivity index (χ0v) is 11.6. The minimum absolute atomic E-state index is 0.0851. The Labute approximate surface area is 114 Å². The molecule has 0 aliphatic carbocycles. The quantitative estimate of drug-likeness (QED) is 0.828. The maximum Gasteiger partial charge on any atom is 0.226 e. The van der Waals surface area contributed by atoms with Gasteiger partial charge in [-0.15, -0.1) is 0 Å². The van der Waals surface area contributed by atoms with Gasteiger partial charge in [-0.3, -0.25) is 4.79 Å². The van der Waals surface area contributed by atoms with Crippen LogP contribution in [0.4, 0.5) is 0 Å². The van der Waals surface area contributed by atoms with Crippen molar-refractivity contribution < 1.29 is 14.3 Å². The van der Waals surface area contributed by atoms with Crippen LogP contribution in [0.25, 0.3) is 0 Å². The van der Waals surface area contributed by atoms with Crippen LogP contribution in [0, 0.1) is 5.92 Å². The van der Waals surface area contributed by atoms with E-state index in [-0.39, 0.29) is 11.8 Å². The van der Waals surface area contributed by atoms with Crippen LogP contribution in [0.2, 0.25) is 0 Å². The van der Waals surface area contributed by atoms with Gasteiger partial charge in [0.2, 0.25) is 5.91 Å². The summed E-state index contributed by atoms with van der Waals surface area (Å²) in [6.45, 7) is 3.31. The second kappa shape index (κ2) is 6.45. The molecule has 0 saturated heterocycles. The molecule has 4 heteroatoms. The molecule has 0 radical (unpaired) electrons. The first-order valence-electron chi connectivity index (χ1n) is 6.82. The van der Waals surface area contributed by atoms with E-state index in [1.165, 1.54) is 0 Å². The lowest BCUT2D eigenvalue weighted by atomic mass is 9.96. The zero-order valence-electron chi connectivity index (χ0n) is 11.6. The Kier molecular flexibility index (Phi) is 4.66. The highest BCUT2D eigenvalue weighted by Gasteiger charge is 2.25. The van der Waals surface area contributed by atoms with Crippen LogP contribution in [0.5, 0.6) is 11.5 Å². The SMILES string of the molecule is CCCCNC(=O)[C@@H]1COc2ccc(OC)cc2C1. The lowest BCUT2D eigenvalue weighted by Gasteiger charge is -2.25. The molecule has 1 heterocycles. The summed E-state index contributed by atoms with van der Waals surface area (Å²) in [5.41, 5.74) is 1.04. The minimum Gasteiger partial charge on any atom is -0.497 e. The van der Waals surface area contributed by atoms with Gasteiger partial charge >= 0.3 is 0 Å². The predicted molar refractivity (Wildman–Crippen MR) is 73.6 cm³/mol. The summed E-state index contributed by atoms with van der Waals surface area (Å²) >= 11 is 0. The van der Waals surface area contributed by atoms with Crippen LogP contribution in [0.1, 0.15) is 25.3 Å². The Balaban J connectivity index is 1.98. The van der Waals surface area contributed by atoms with Gasteiger partial charge in [-0.2, -0.15) is 0 Å². The number of nitrogens with one attached hydrogen (secondary N) is 1. The summed E-state index contributed by atoms with van der Waals surface area (Å²) in [5, 5.41) is 2.96. The van der Waals surface area contributed by atoms with Gasteiger partial charge in [-0.25, -0.2) is 0 Å². The lowest BCUT2D eigenvalue weighted by molar-refractivity contribution is -0.126. The average Bonchev–Trinajstić information content (AvgIpc) is 2.46. The van der Waals surface area contributed by atoms with Gasteiger partial charge in [-0.1, -0.05) is 13.3 Å². The van der Waals surface area contributed by atoms with Crippen molar-refractivity contribution in [2.24, 2.45) is 5.92 Å². The van der Waals surface area contributed by atoms with Crippen molar-refractivity contribution in [3.63, 3.8) is 0 Å². The fourth-order valence-electron chi connectivity index (χ4n) is 2.20. The average molecular weight is 263 g/mol. The number of unbranched alkanes of at least 4 members (excludes halogenated alkanes) is 1. The number of ether oxygens (including phenoxy) is 2. The molecule has 1 aliphatic heterocycles. The van der Waals surface area contributed by atoms with Crippen LogP contribution >= 0.6 is 0 Å². The molecule has 1 atom stereocenters. The molecular formula is C15H21NO3. The Morgan fingerprint density at radius 1 is 1.53 bits per heavy atom. The first-order chi connectivity index (χ1) is 9.24. The Morgan fingerprint density at radius 3 is 3.11 bits per heavy atom. The molecule has 0 unspecified atom stereocenters. The summed E-state index contributed by atoms with van der Waals surface area (Å²) in [4.78, 5) is 12.0. The zero-order chi connectivity index (χ0) is 13.7. The number of carbonyl (C=O) groups excluding carboxylic acids is 1. The molecule has 104 valence electrons. The smallest absolute Gasteiger partial charge is 0.226 e. The Bertz CT molecular complexity index is 445. The summed E-state index contributed by atoms with van der Waals surface area (Å²) in [6, 6.07) is 5.72. The number of hydrogen-bond donors (Lipinski definition) is 1. The van der Waals surface area contributed by atoms with E-state index >= 15 is 0 Å². The van der Waals surface area contributed by atoms with Gasteiger partial charge in [0.05, 0.1) is 13.0 Å². The van der Waals surface area contributed by atoms with E-state index in [2.05, 4.69) is 12.2 Å². The fourth-order valence-corrected chi connectivity index (χ4v) is 2.20. The maximum atomic E-state index is 12.0. The van der Waals surface area contributed by atoms with Crippen molar-refractivity contribution in [3.8, 4) is 11.5 Å². The van der Waals surface area contributed by atoms with Gasteiger partial charge in [0.1, 0.15) is 18.1 Å². The van der Waals surface area contributed by atoms with Crippen LogP contribution in [-0.2, 0) is 11.2 Å². The third-order valence-corrected chi connectivity index (χ3v) is 3.37. The van der Waals surface area contributed by atoms with Gasteiger partial charge in [0, 0.05) is 6.54 Å². The molecule has 0 bridgehead atoms. The molecule has 1 aromatic rings. The molecule has 0 saturated carbocycles. The first-order valence-corrected chi connectivity index (χ1v) is 6.82. The molecule has 1 aromatic carbocycles. The number of rotatable bonds is 5. The third-order valence-electron chi connectivity index (χ3n) is 3.37. The monoisotopic (exact) mass is 263 g/mol. The van der Waals surface area contributed by atoms with Crippen molar-refractivity contribution in [2.75, 3.05) is 20.3 Å². The maximum absolute atomic E-state index is 12.0. The van der Waals surface area contributed by atoms with Crippen molar-refractivity contribution in [2.45, 2.75) is 26.2 Å². The van der Waals surface area contributed by atoms with Crippen molar-refractivity contribution in [3.05, 3.63) is 23.8 Å². The Hall–Kier alpha value is -1.71. The van der Waals surface area contributed by atoms with E-state index in [0.717, 1.165) is 36.4 Å². The van der Waals surface area contributed by atoms with Crippen LogP contribution < -0.4 is 14.8 Å². The number of fused-ring (bicyclic) bond motifs is 1. The molecule has 1 amide bonds. The van der Waals surface area contributed by atoms with Crippen LogP contribution in [0.15, 0.2) is 18.2 Å². The summed E-state index contributed by atoms with van der Waals surface area (Å²) in [5.74, 6) is 1.64. The lowest BCUT2D eigenvalue weighted by Crippen LogP contribution is -2.37. The predicted octanol–water partition coefficient (Wildman–Crippen LogP) is 2.16. The van der Waals surface area contributed by atoms with Gasteiger partial charge in [0.25, 0.3) is 0 Å².